The first-order valence-electron chi connectivity index (χ1n) is 10.8. The molecule has 0 unspecified atom stereocenters. The molecule has 0 atom stereocenters. The van der Waals surface area contributed by atoms with Gasteiger partial charge in [0.25, 0.3) is 5.91 Å². The predicted molar refractivity (Wildman–Crippen MR) is 118 cm³/mol. The Hall–Kier alpha value is -3.68. The van der Waals surface area contributed by atoms with E-state index < -0.39 is 0 Å². The number of hydrogen-bond donors (Lipinski definition) is 2. The van der Waals surface area contributed by atoms with Crippen LogP contribution in [0.3, 0.4) is 0 Å². The molecule has 1 fully saturated rings. The summed E-state index contributed by atoms with van der Waals surface area (Å²) in [7, 11) is 0. The number of hydrogen-bond acceptors (Lipinski definition) is 4. The Balaban J connectivity index is 1.29. The van der Waals surface area contributed by atoms with Crippen LogP contribution in [0.2, 0.25) is 0 Å². The normalized spacial score (nSPS) is 15.4. The second-order valence-electron chi connectivity index (χ2n) is 8.11. The Labute approximate surface area is 185 Å². The van der Waals surface area contributed by atoms with Gasteiger partial charge in [0.15, 0.2) is 5.69 Å². The molecule has 3 aromatic rings. The van der Waals surface area contributed by atoms with Gasteiger partial charge in [-0.3, -0.25) is 9.59 Å². The third-order valence-corrected chi connectivity index (χ3v) is 6.02. The van der Waals surface area contributed by atoms with E-state index in [9.17, 15) is 14.0 Å². The summed E-state index contributed by atoms with van der Waals surface area (Å²) in [4.78, 5) is 26.5. The molecule has 0 saturated carbocycles. The van der Waals surface area contributed by atoms with Gasteiger partial charge in [0.1, 0.15) is 11.5 Å². The Morgan fingerprint density at radius 3 is 2.72 bits per heavy atom. The average molecular weight is 433 g/mol. The molecule has 0 radical (unpaired) electrons. The number of nitrogens with zero attached hydrogens (tertiary/aromatic N) is 3. The number of amides is 2. The van der Waals surface area contributed by atoms with Crippen LogP contribution in [-0.2, 0) is 24.2 Å². The molecule has 2 amide bonds. The van der Waals surface area contributed by atoms with Crippen LogP contribution in [0.15, 0.2) is 48.5 Å². The van der Waals surface area contributed by atoms with Crippen molar-refractivity contribution in [2.45, 2.75) is 25.8 Å². The number of carbonyl (C=O) groups excluding carboxylic acids is 2. The summed E-state index contributed by atoms with van der Waals surface area (Å²) in [5.74, 6) is -0.590. The summed E-state index contributed by atoms with van der Waals surface area (Å²) in [6.07, 6.45) is 2.47. The van der Waals surface area contributed by atoms with Crippen LogP contribution in [0.5, 0.6) is 0 Å². The van der Waals surface area contributed by atoms with Gasteiger partial charge in [0.05, 0.1) is 6.54 Å². The number of nitrogens with one attached hydrogen (secondary N) is 2. The van der Waals surface area contributed by atoms with E-state index in [2.05, 4.69) is 15.7 Å². The van der Waals surface area contributed by atoms with Crippen LogP contribution in [0.25, 0.3) is 5.69 Å². The Bertz CT molecular complexity index is 1170. The van der Waals surface area contributed by atoms with Crippen molar-refractivity contribution in [3.63, 3.8) is 0 Å². The lowest BCUT2D eigenvalue weighted by Gasteiger charge is -2.28. The summed E-state index contributed by atoms with van der Waals surface area (Å²) in [5, 5.41) is 10.2. The predicted octanol–water partition coefficient (Wildman–Crippen LogP) is 2.37. The molecule has 164 valence electrons. The minimum atomic E-state index is -0.358. The number of anilines is 1. The molecule has 2 aliphatic rings. The van der Waals surface area contributed by atoms with Crippen LogP contribution in [0.4, 0.5) is 10.1 Å². The van der Waals surface area contributed by atoms with E-state index in [-0.39, 0.29) is 17.6 Å². The number of carbonyl (C=O) groups is 2. The second-order valence-corrected chi connectivity index (χ2v) is 8.11. The maximum Gasteiger partial charge on any atom is 0.272 e. The van der Waals surface area contributed by atoms with Gasteiger partial charge in [-0.15, -0.1) is 0 Å². The number of piperazine rings is 1. The molecule has 1 saturated heterocycles. The highest BCUT2D eigenvalue weighted by atomic mass is 19.1. The molecule has 1 aliphatic carbocycles. The zero-order valence-corrected chi connectivity index (χ0v) is 17.6. The zero-order valence-electron chi connectivity index (χ0n) is 17.6. The minimum absolute atomic E-state index is 0.0231. The van der Waals surface area contributed by atoms with E-state index in [1.807, 2.05) is 29.2 Å². The lowest BCUT2D eigenvalue weighted by Crippen LogP contribution is -2.47. The zero-order chi connectivity index (χ0) is 22.1. The van der Waals surface area contributed by atoms with Crippen molar-refractivity contribution in [1.82, 2.24) is 20.4 Å². The molecule has 7 nitrogen and oxygen atoms in total. The van der Waals surface area contributed by atoms with Crippen LogP contribution in [0.1, 0.15) is 33.7 Å². The van der Waals surface area contributed by atoms with Gasteiger partial charge in [-0.25, -0.2) is 9.07 Å². The van der Waals surface area contributed by atoms with Crippen molar-refractivity contribution in [2.75, 3.05) is 24.5 Å². The van der Waals surface area contributed by atoms with Crippen molar-refractivity contribution in [1.29, 1.82) is 0 Å². The largest absolute Gasteiger partial charge is 0.360 e. The van der Waals surface area contributed by atoms with Crippen LogP contribution in [0, 0.1) is 5.82 Å². The Morgan fingerprint density at radius 1 is 1.12 bits per heavy atom. The minimum Gasteiger partial charge on any atom is -0.360 e. The number of aromatic nitrogens is 2. The molecule has 5 rings (SSSR count). The van der Waals surface area contributed by atoms with Crippen LogP contribution >= 0.6 is 0 Å². The van der Waals surface area contributed by atoms with Crippen molar-refractivity contribution in [2.24, 2.45) is 0 Å². The van der Waals surface area contributed by atoms with Gasteiger partial charge in [-0.1, -0.05) is 24.3 Å². The smallest absolute Gasteiger partial charge is 0.272 e. The molecular formula is C24H24FN5O2. The highest BCUT2D eigenvalue weighted by Gasteiger charge is 2.27. The molecule has 32 heavy (non-hydrogen) atoms. The lowest BCUT2D eigenvalue weighted by molar-refractivity contribution is -0.120. The van der Waals surface area contributed by atoms with Crippen molar-refractivity contribution in [3.05, 3.63) is 76.9 Å². The Morgan fingerprint density at radius 2 is 1.94 bits per heavy atom. The summed E-state index contributed by atoms with van der Waals surface area (Å²) in [5.41, 5.74) is 4.49. The molecule has 8 heteroatoms. The first-order chi connectivity index (χ1) is 15.6. The molecule has 2 N–H and O–H groups in total. The van der Waals surface area contributed by atoms with Gasteiger partial charge < -0.3 is 15.5 Å². The number of para-hydroxylation sites is 1. The average Bonchev–Trinajstić information content (AvgIpc) is 3.41. The SMILES string of the molecule is O=C1CN(c2ccc(CNC(=O)c3nn(-c4ccccc4F)c4c3CCC4)cc2)CCN1. The number of halogens is 1. The first-order valence-corrected chi connectivity index (χ1v) is 10.8. The molecule has 0 spiro atoms. The second kappa shape index (κ2) is 8.45. The van der Waals surface area contributed by atoms with E-state index >= 15 is 0 Å². The maximum atomic E-state index is 14.3. The molecule has 0 bridgehead atoms. The highest BCUT2D eigenvalue weighted by molar-refractivity contribution is 5.94. The first kappa shape index (κ1) is 20.2. The number of fused-ring (bicyclic) bond motifs is 1. The third kappa shape index (κ3) is 3.84. The van der Waals surface area contributed by atoms with Gasteiger partial charge in [-0.2, -0.15) is 5.10 Å². The fraction of sp³-hybridized carbons (Fsp3) is 0.292. The summed E-state index contributed by atoms with van der Waals surface area (Å²) >= 11 is 0. The van der Waals surface area contributed by atoms with Gasteiger partial charge in [-0.05, 0) is 49.1 Å². The quantitative estimate of drug-likeness (QED) is 0.648. The fourth-order valence-corrected chi connectivity index (χ4v) is 4.39. The summed E-state index contributed by atoms with van der Waals surface area (Å²) in [6.45, 7) is 2.13. The van der Waals surface area contributed by atoms with Gasteiger partial charge in [0.2, 0.25) is 5.91 Å². The van der Waals surface area contributed by atoms with Crippen molar-refractivity contribution >= 4 is 17.5 Å². The maximum absolute atomic E-state index is 14.3. The standard InChI is InChI=1S/C24H24FN5O2/c25-19-5-1-2-6-21(19)30-20-7-3-4-18(20)23(28-30)24(32)27-14-16-8-10-17(11-9-16)29-13-12-26-22(31)15-29/h1-2,5-6,8-11H,3-4,7,12-15H2,(H,26,31)(H,27,32). The van der Waals surface area contributed by atoms with E-state index in [4.69, 9.17) is 0 Å². The van der Waals surface area contributed by atoms with E-state index in [0.717, 1.165) is 48.3 Å². The van der Waals surface area contributed by atoms with E-state index in [0.29, 0.717) is 31.0 Å². The highest BCUT2D eigenvalue weighted by Crippen LogP contribution is 2.28. The molecular weight excluding hydrogens is 409 g/mol. The number of benzene rings is 2. The fourth-order valence-electron chi connectivity index (χ4n) is 4.39. The van der Waals surface area contributed by atoms with Gasteiger partial charge in [0, 0.05) is 36.6 Å². The molecule has 2 heterocycles. The monoisotopic (exact) mass is 433 g/mol. The number of rotatable bonds is 5. The summed E-state index contributed by atoms with van der Waals surface area (Å²) in [6, 6.07) is 14.3. The van der Waals surface area contributed by atoms with Gasteiger partial charge >= 0.3 is 0 Å². The summed E-state index contributed by atoms with van der Waals surface area (Å²) < 4.78 is 15.9. The molecule has 1 aromatic heterocycles. The topological polar surface area (TPSA) is 79.3 Å². The lowest BCUT2D eigenvalue weighted by atomic mass is 10.1. The molecule has 1 aliphatic heterocycles. The third-order valence-electron chi connectivity index (χ3n) is 6.02. The Kier molecular flexibility index (Phi) is 5.34. The molecule has 2 aromatic carbocycles. The van der Waals surface area contributed by atoms with Crippen LogP contribution < -0.4 is 15.5 Å². The van der Waals surface area contributed by atoms with Crippen molar-refractivity contribution < 1.29 is 14.0 Å². The van der Waals surface area contributed by atoms with E-state index in [1.54, 1.807) is 22.9 Å². The van der Waals surface area contributed by atoms with Crippen molar-refractivity contribution in [3.8, 4) is 5.69 Å². The van der Waals surface area contributed by atoms with E-state index in [1.165, 1.54) is 6.07 Å². The van der Waals surface area contributed by atoms with Crippen LogP contribution in [-0.4, -0.2) is 41.2 Å².